The molecule has 0 saturated carbocycles. The monoisotopic (exact) mass is 321 g/mol. The molecule has 24 heavy (non-hydrogen) atoms. The molecular formula is C21H23NO2. The quantitative estimate of drug-likeness (QED) is 0.871. The van der Waals surface area contributed by atoms with Crippen LogP contribution in [0.3, 0.4) is 0 Å². The van der Waals surface area contributed by atoms with Crippen molar-refractivity contribution in [2.24, 2.45) is 0 Å². The minimum absolute atomic E-state index is 0.0558. The van der Waals surface area contributed by atoms with Crippen molar-refractivity contribution in [3.05, 3.63) is 70.3 Å². The third-order valence-corrected chi connectivity index (χ3v) is 5.11. The van der Waals surface area contributed by atoms with Gasteiger partial charge in [-0.3, -0.25) is 0 Å². The smallest absolute Gasteiger partial charge is 0.127 e. The number of rotatable bonds is 1. The van der Waals surface area contributed by atoms with Gasteiger partial charge in [-0.2, -0.15) is 0 Å². The minimum atomic E-state index is 0.0558. The molecule has 0 aliphatic carbocycles. The SMILES string of the molecule is CN1CCC(=C2c3ccccc3COc3ccc(CO)cc32)CC1. The Bertz CT molecular complexity index is 784. The Labute approximate surface area is 143 Å². The number of ether oxygens (including phenoxy) is 1. The summed E-state index contributed by atoms with van der Waals surface area (Å²) in [6.45, 7) is 2.84. The van der Waals surface area contributed by atoms with Crippen LogP contribution in [0.2, 0.25) is 0 Å². The molecule has 0 bridgehead atoms. The first-order chi connectivity index (χ1) is 11.8. The van der Waals surface area contributed by atoms with Crippen LogP contribution in [0, 0.1) is 0 Å². The van der Waals surface area contributed by atoms with Gasteiger partial charge in [0.05, 0.1) is 6.61 Å². The molecule has 0 amide bonds. The highest BCUT2D eigenvalue weighted by molar-refractivity contribution is 5.87. The van der Waals surface area contributed by atoms with Crippen molar-refractivity contribution in [2.75, 3.05) is 20.1 Å². The third kappa shape index (κ3) is 2.74. The van der Waals surface area contributed by atoms with Crippen LogP contribution in [0.25, 0.3) is 5.57 Å². The fraction of sp³-hybridized carbons (Fsp3) is 0.333. The lowest BCUT2D eigenvalue weighted by molar-refractivity contribution is 0.280. The molecule has 124 valence electrons. The highest BCUT2D eigenvalue weighted by atomic mass is 16.5. The second-order valence-electron chi connectivity index (χ2n) is 6.72. The van der Waals surface area contributed by atoms with Crippen LogP contribution in [-0.4, -0.2) is 30.1 Å². The van der Waals surface area contributed by atoms with Gasteiger partial charge in [-0.05, 0) is 54.3 Å². The standard InChI is InChI=1S/C21H23NO2/c1-22-10-8-16(9-11-22)21-18-5-3-2-4-17(18)14-24-20-7-6-15(13-23)12-19(20)21/h2-7,12,23H,8-11,13-14H2,1H3. The molecule has 0 spiro atoms. The average molecular weight is 321 g/mol. The van der Waals surface area contributed by atoms with Gasteiger partial charge >= 0.3 is 0 Å². The molecule has 3 heteroatoms. The van der Waals surface area contributed by atoms with Crippen LogP contribution in [0.5, 0.6) is 5.75 Å². The number of aliphatic hydroxyl groups excluding tert-OH is 1. The first-order valence-corrected chi connectivity index (χ1v) is 8.62. The molecule has 0 radical (unpaired) electrons. The van der Waals surface area contributed by atoms with Gasteiger partial charge < -0.3 is 14.7 Å². The third-order valence-electron chi connectivity index (χ3n) is 5.11. The van der Waals surface area contributed by atoms with Crippen molar-refractivity contribution in [3.8, 4) is 5.75 Å². The number of piperidine rings is 1. The van der Waals surface area contributed by atoms with Crippen LogP contribution in [-0.2, 0) is 13.2 Å². The highest BCUT2D eigenvalue weighted by Gasteiger charge is 2.24. The number of hydrogen-bond donors (Lipinski definition) is 1. The Hall–Kier alpha value is -2.10. The maximum absolute atomic E-state index is 9.57. The van der Waals surface area contributed by atoms with E-state index in [1.54, 1.807) is 0 Å². The van der Waals surface area contributed by atoms with E-state index in [0.717, 1.165) is 42.8 Å². The zero-order chi connectivity index (χ0) is 16.5. The lowest BCUT2D eigenvalue weighted by atomic mass is 9.86. The molecule has 2 aromatic carbocycles. The Morgan fingerprint density at radius 2 is 1.83 bits per heavy atom. The summed E-state index contributed by atoms with van der Waals surface area (Å²) in [7, 11) is 2.18. The second-order valence-corrected chi connectivity index (χ2v) is 6.72. The number of benzene rings is 2. The Balaban J connectivity index is 1.94. The van der Waals surface area contributed by atoms with Crippen molar-refractivity contribution >= 4 is 5.57 Å². The molecule has 1 N–H and O–H groups in total. The van der Waals surface area contributed by atoms with Gasteiger partial charge in [-0.25, -0.2) is 0 Å². The zero-order valence-electron chi connectivity index (χ0n) is 14.1. The first kappa shape index (κ1) is 15.4. The van der Waals surface area contributed by atoms with Gasteiger partial charge in [0.2, 0.25) is 0 Å². The molecule has 1 saturated heterocycles. The molecule has 0 aromatic heterocycles. The van der Waals surface area contributed by atoms with Crippen molar-refractivity contribution in [1.29, 1.82) is 0 Å². The van der Waals surface area contributed by atoms with Gasteiger partial charge in [0.15, 0.2) is 0 Å². The number of nitrogens with zero attached hydrogens (tertiary/aromatic N) is 1. The first-order valence-electron chi connectivity index (χ1n) is 8.62. The van der Waals surface area contributed by atoms with E-state index in [1.807, 2.05) is 12.1 Å². The lowest BCUT2D eigenvalue weighted by Gasteiger charge is -2.27. The number of likely N-dealkylation sites (tertiary alicyclic amines) is 1. The maximum atomic E-state index is 9.57. The molecule has 2 aromatic rings. The number of fused-ring (bicyclic) bond motifs is 2. The second kappa shape index (κ2) is 6.42. The topological polar surface area (TPSA) is 32.7 Å². The summed E-state index contributed by atoms with van der Waals surface area (Å²) in [6, 6.07) is 14.6. The highest BCUT2D eigenvalue weighted by Crippen LogP contribution is 2.41. The molecule has 1 fully saturated rings. The van der Waals surface area contributed by atoms with Gasteiger partial charge in [-0.1, -0.05) is 35.9 Å². The summed E-state index contributed by atoms with van der Waals surface area (Å²) in [6.07, 6.45) is 2.17. The van der Waals surface area contributed by atoms with Gasteiger partial charge in [0, 0.05) is 18.7 Å². The van der Waals surface area contributed by atoms with Gasteiger partial charge in [0.25, 0.3) is 0 Å². The molecule has 2 aliphatic rings. The van der Waals surface area contributed by atoms with E-state index in [-0.39, 0.29) is 6.61 Å². The summed E-state index contributed by atoms with van der Waals surface area (Å²) >= 11 is 0. The van der Waals surface area contributed by atoms with Crippen molar-refractivity contribution in [2.45, 2.75) is 26.1 Å². The van der Waals surface area contributed by atoms with Crippen molar-refractivity contribution in [1.82, 2.24) is 4.90 Å². The van der Waals surface area contributed by atoms with Crippen LogP contribution >= 0.6 is 0 Å². The van der Waals surface area contributed by atoms with E-state index in [2.05, 4.69) is 42.3 Å². The molecule has 3 nitrogen and oxygen atoms in total. The fourth-order valence-electron chi connectivity index (χ4n) is 3.71. The van der Waals surface area contributed by atoms with E-state index < -0.39 is 0 Å². The summed E-state index contributed by atoms with van der Waals surface area (Å²) in [5, 5.41) is 9.57. The predicted molar refractivity (Wildman–Crippen MR) is 95.9 cm³/mol. The van der Waals surface area contributed by atoms with E-state index in [9.17, 15) is 5.11 Å². The normalized spacial score (nSPS) is 17.8. The van der Waals surface area contributed by atoms with E-state index >= 15 is 0 Å². The van der Waals surface area contributed by atoms with Crippen LogP contribution in [0.4, 0.5) is 0 Å². The largest absolute Gasteiger partial charge is 0.488 e. The summed E-state index contributed by atoms with van der Waals surface area (Å²) in [5.74, 6) is 0.921. The molecule has 0 unspecified atom stereocenters. The van der Waals surface area contributed by atoms with Gasteiger partial charge in [-0.15, -0.1) is 0 Å². The maximum Gasteiger partial charge on any atom is 0.127 e. The molecular weight excluding hydrogens is 298 g/mol. The van der Waals surface area contributed by atoms with Crippen molar-refractivity contribution < 1.29 is 9.84 Å². The summed E-state index contributed by atoms with van der Waals surface area (Å²) in [5.41, 5.74) is 7.41. The predicted octanol–water partition coefficient (Wildman–Crippen LogP) is 3.60. The van der Waals surface area contributed by atoms with Crippen molar-refractivity contribution in [3.63, 3.8) is 0 Å². The Morgan fingerprint density at radius 3 is 2.62 bits per heavy atom. The number of aliphatic hydroxyl groups is 1. The van der Waals surface area contributed by atoms with Crippen LogP contribution < -0.4 is 4.74 Å². The average Bonchev–Trinajstić information content (AvgIpc) is 2.79. The van der Waals surface area contributed by atoms with E-state index in [4.69, 9.17) is 4.74 Å². The summed E-state index contributed by atoms with van der Waals surface area (Å²) < 4.78 is 6.09. The molecule has 4 rings (SSSR count). The number of hydrogen-bond acceptors (Lipinski definition) is 3. The summed E-state index contributed by atoms with van der Waals surface area (Å²) in [4.78, 5) is 2.38. The lowest BCUT2D eigenvalue weighted by Crippen LogP contribution is -2.27. The van der Waals surface area contributed by atoms with E-state index in [1.165, 1.54) is 22.3 Å². The van der Waals surface area contributed by atoms with Crippen LogP contribution in [0.15, 0.2) is 48.0 Å². The Morgan fingerprint density at radius 1 is 1.04 bits per heavy atom. The zero-order valence-corrected chi connectivity index (χ0v) is 14.1. The fourth-order valence-corrected chi connectivity index (χ4v) is 3.71. The van der Waals surface area contributed by atoms with Gasteiger partial charge in [0.1, 0.15) is 12.4 Å². The molecule has 0 atom stereocenters. The molecule has 2 aliphatic heterocycles. The Kier molecular flexibility index (Phi) is 4.13. The minimum Gasteiger partial charge on any atom is -0.488 e. The molecule has 2 heterocycles. The van der Waals surface area contributed by atoms with E-state index in [0.29, 0.717) is 6.61 Å². The van der Waals surface area contributed by atoms with Crippen LogP contribution in [0.1, 0.15) is 35.1 Å².